The van der Waals surface area contributed by atoms with Crippen LogP contribution in [0.3, 0.4) is 0 Å². The highest BCUT2D eigenvalue weighted by Gasteiger charge is 2.05. The van der Waals surface area contributed by atoms with E-state index in [0.717, 1.165) is 19.8 Å². The molecule has 0 aliphatic rings. The zero-order valence-corrected chi connectivity index (χ0v) is 12.0. The van der Waals surface area contributed by atoms with Gasteiger partial charge in [-0.2, -0.15) is 0 Å². The van der Waals surface area contributed by atoms with Gasteiger partial charge in [-0.1, -0.05) is 28.1 Å². The Morgan fingerprint density at radius 2 is 1.94 bits per heavy atom. The Hall–Kier alpha value is -1.46. The average Bonchev–Trinajstić information content (AvgIpc) is 2.78. The van der Waals surface area contributed by atoms with E-state index in [2.05, 4.69) is 15.9 Å². The molecule has 0 atom stereocenters. The molecule has 3 nitrogen and oxygen atoms in total. The number of halogens is 1. The van der Waals surface area contributed by atoms with Crippen LogP contribution in [-0.2, 0) is 0 Å². The van der Waals surface area contributed by atoms with Gasteiger partial charge in [0.15, 0.2) is 0 Å². The third kappa shape index (κ3) is 3.05. The molecule has 2 aromatic rings. The molecule has 0 saturated carbocycles. The molecule has 1 aromatic heterocycles. The first-order valence-electron chi connectivity index (χ1n) is 5.25. The first-order chi connectivity index (χ1) is 8.56. The lowest BCUT2D eigenvalue weighted by molar-refractivity contribution is -0.422. The molecule has 18 heavy (non-hydrogen) atoms. The van der Waals surface area contributed by atoms with Crippen molar-refractivity contribution in [3.8, 4) is 10.4 Å². The molecule has 92 valence electrons. The molecular formula is C13H10BrNO2S. The normalized spacial score (nSPS) is 11.6. The minimum Gasteiger partial charge on any atom is -0.259 e. The third-order valence-electron chi connectivity index (χ3n) is 2.39. The molecule has 0 amide bonds. The smallest absolute Gasteiger partial charge is 0.244 e. The second-order valence-electron chi connectivity index (χ2n) is 3.75. The lowest BCUT2D eigenvalue weighted by Gasteiger charge is -1.96. The molecule has 0 N–H and O–H groups in total. The van der Waals surface area contributed by atoms with Gasteiger partial charge < -0.3 is 0 Å². The highest BCUT2D eigenvalue weighted by molar-refractivity contribution is 9.10. The van der Waals surface area contributed by atoms with Crippen LogP contribution in [0.5, 0.6) is 0 Å². The van der Waals surface area contributed by atoms with E-state index in [1.807, 2.05) is 36.4 Å². The Morgan fingerprint density at radius 1 is 1.28 bits per heavy atom. The van der Waals surface area contributed by atoms with Gasteiger partial charge in [0.05, 0.1) is 4.92 Å². The van der Waals surface area contributed by atoms with Crippen molar-refractivity contribution in [1.29, 1.82) is 0 Å². The zero-order chi connectivity index (χ0) is 13.1. The highest BCUT2D eigenvalue weighted by atomic mass is 79.9. The van der Waals surface area contributed by atoms with E-state index < -0.39 is 0 Å². The molecule has 0 aliphatic carbocycles. The van der Waals surface area contributed by atoms with Gasteiger partial charge in [-0.05, 0) is 29.8 Å². The molecule has 0 radical (unpaired) electrons. The quantitative estimate of drug-likeness (QED) is 0.600. The number of allylic oxidation sites excluding steroid dienone is 1. The van der Waals surface area contributed by atoms with Crippen LogP contribution in [-0.4, -0.2) is 4.92 Å². The number of benzene rings is 1. The van der Waals surface area contributed by atoms with Crippen molar-refractivity contribution in [1.82, 2.24) is 0 Å². The summed E-state index contributed by atoms with van der Waals surface area (Å²) in [7, 11) is 0. The maximum atomic E-state index is 10.6. The lowest BCUT2D eigenvalue weighted by atomic mass is 10.2. The molecule has 0 fully saturated rings. The van der Waals surface area contributed by atoms with Crippen LogP contribution >= 0.6 is 27.3 Å². The Balaban J connectivity index is 2.28. The maximum absolute atomic E-state index is 10.6. The topological polar surface area (TPSA) is 43.1 Å². The number of hydrogen-bond acceptors (Lipinski definition) is 3. The molecule has 5 heteroatoms. The SMILES string of the molecule is C/C(=C\c1ccc(-c2ccc(Br)cc2)s1)[N+](=O)[O-]. The summed E-state index contributed by atoms with van der Waals surface area (Å²) in [6.07, 6.45) is 1.59. The second-order valence-corrected chi connectivity index (χ2v) is 5.78. The molecule has 2 rings (SSSR count). The molecule has 0 aliphatic heterocycles. The average molecular weight is 324 g/mol. The molecule has 0 unspecified atom stereocenters. The van der Waals surface area contributed by atoms with Gasteiger partial charge >= 0.3 is 0 Å². The van der Waals surface area contributed by atoms with E-state index in [1.165, 1.54) is 6.92 Å². The van der Waals surface area contributed by atoms with Crippen molar-refractivity contribution in [3.63, 3.8) is 0 Å². The van der Waals surface area contributed by atoms with Crippen molar-refractivity contribution < 1.29 is 4.92 Å². The van der Waals surface area contributed by atoms with Crippen molar-refractivity contribution in [2.45, 2.75) is 6.92 Å². The van der Waals surface area contributed by atoms with Crippen molar-refractivity contribution in [2.75, 3.05) is 0 Å². The van der Waals surface area contributed by atoms with Crippen LogP contribution in [0.2, 0.25) is 0 Å². The summed E-state index contributed by atoms with van der Waals surface area (Å²) < 4.78 is 1.03. The second kappa shape index (κ2) is 5.46. The molecule has 0 spiro atoms. The fraction of sp³-hybridized carbons (Fsp3) is 0.0769. The van der Waals surface area contributed by atoms with Gasteiger partial charge in [0, 0.05) is 27.2 Å². The number of rotatable bonds is 3. The Kier molecular flexibility index (Phi) is 3.93. The summed E-state index contributed by atoms with van der Waals surface area (Å²) in [5.74, 6) is 0. The monoisotopic (exact) mass is 323 g/mol. The number of nitro groups is 1. The van der Waals surface area contributed by atoms with Gasteiger partial charge in [0.2, 0.25) is 5.70 Å². The van der Waals surface area contributed by atoms with Gasteiger partial charge in [0.25, 0.3) is 0 Å². The fourth-order valence-corrected chi connectivity index (χ4v) is 2.73. The van der Waals surface area contributed by atoms with E-state index in [4.69, 9.17) is 0 Å². The minimum atomic E-state index is -0.376. The first-order valence-corrected chi connectivity index (χ1v) is 6.85. The van der Waals surface area contributed by atoms with Crippen molar-refractivity contribution in [2.24, 2.45) is 0 Å². The van der Waals surface area contributed by atoms with E-state index in [-0.39, 0.29) is 10.6 Å². The summed E-state index contributed by atoms with van der Waals surface area (Å²) in [4.78, 5) is 12.2. The van der Waals surface area contributed by atoms with Crippen molar-refractivity contribution in [3.05, 3.63) is 61.6 Å². The lowest BCUT2D eigenvalue weighted by Crippen LogP contribution is -1.91. The van der Waals surface area contributed by atoms with E-state index in [9.17, 15) is 10.1 Å². The highest BCUT2D eigenvalue weighted by Crippen LogP contribution is 2.30. The third-order valence-corrected chi connectivity index (χ3v) is 4.00. The maximum Gasteiger partial charge on any atom is 0.244 e. The fourth-order valence-electron chi connectivity index (χ4n) is 1.46. The summed E-state index contributed by atoms with van der Waals surface area (Å²) in [6.45, 7) is 1.50. The molecule has 1 heterocycles. The Morgan fingerprint density at radius 3 is 2.56 bits per heavy atom. The predicted octanol–water partition coefficient (Wildman–Crippen LogP) is 4.82. The van der Waals surface area contributed by atoms with Crippen LogP contribution in [0, 0.1) is 10.1 Å². The van der Waals surface area contributed by atoms with E-state index in [1.54, 1.807) is 17.4 Å². The van der Waals surface area contributed by atoms with Crippen LogP contribution in [0.4, 0.5) is 0 Å². The zero-order valence-electron chi connectivity index (χ0n) is 9.59. The van der Waals surface area contributed by atoms with Crippen LogP contribution in [0.25, 0.3) is 16.5 Å². The molecule has 0 bridgehead atoms. The van der Waals surface area contributed by atoms with E-state index in [0.29, 0.717) is 0 Å². The van der Waals surface area contributed by atoms with Crippen LogP contribution in [0.1, 0.15) is 11.8 Å². The molecule has 0 saturated heterocycles. The number of hydrogen-bond donors (Lipinski definition) is 0. The van der Waals surface area contributed by atoms with Crippen LogP contribution < -0.4 is 0 Å². The summed E-state index contributed by atoms with van der Waals surface area (Å²) >= 11 is 4.93. The minimum absolute atomic E-state index is 0.152. The van der Waals surface area contributed by atoms with Gasteiger partial charge in [0.1, 0.15) is 0 Å². The largest absolute Gasteiger partial charge is 0.259 e. The van der Waals surface area contributed by atoms with Gasteiger partial charge in [-0.25, -0.2) is 0 Å². The summed E-state index contributed by atoms with van der Waals surface area (Å²) in [5.41, 5.74) is 1.26. The predicted molar refractivity (Wildman–Crippen MR) is 78.1 cm³/mol. The summed E-state index contributed by atoms with van der Waals surface area (Å²) in [5, 5.41) is 10.6. The molecule has 1 aromatic carbocycles. The van der Waals surface area contributed by atoms with Gasteiger partial charge in [-0.3, -0.25) is 10.1 Å². The Labute approximate surface area is 117 Å². The Bertz CT molecular complexity index is 602. The first kappa shape index (κ1) is 13.0. The standard InChI is InChI=1S/C13H10BrNO2S/c1-9(15(16)17)8-12-6-7-13(18-12)10-2-4-11(14)5-3-10/h2-8H,1H3/b9-8+. The number of thiophene rings is 1. The summed E-state index contributed by atoms with van der Waals surface area (Å²) in [6, 6.07) is 11.9. The van der Waals surface area contributed by atoms with E-state index >= 15 is 0 Å². The van der Waals surface area contributed by atoms with Gasteiger partial charge in [-0.15, -0.1) is 11.3 Å². The number of nitrogens with zero attached hydrogens (tertiary/aromatic N) is 1. The van der Waals surface area contributed by atoms with Crippen LogP contribution in [0.15, 0.2) is 46.6 Å². The molecular weight excluding hydrogens is 314 g/mol. The van der Waals surface area contributed by atoms with Crippen molar-refractivity contribution >= 4 is 33.3 Å².